The lowest BCUT2D eigenvalue weighted by Crippen LogP contribution is -2.39. The van der Waals surface area contributed by atoms with Crippen LogP contribution in [0, 0.1) is 5.92 Å². The summed E-state index contributed by atoms with van der Waals surface area (Å²) in [6, 6.07) is 15.9. The molecule has 188 valence electrons. The van der Waals surface area contributed by atoms with Gasteiger partial charge in [-0.05, 0) is 73.2 Å². The van der Waals surface area contributed by atoms with Crippen molar-refractivity contribution in [1.82, 2.24) is 9.29 Å². The Balaban J connectivity index is 1.46. The van der Waals surface area contributed by atoms with E-state index in [4.69, 9.17) is 9.40 Å². The van der Waals surface area contributed by atoms with Crippen molar-refractivity contribution in [2.24, 2.45) is 5.92 Å². The average molecular weight is 524 g/mol. The van der Waals surface area contributed by atoms with Crippen molar-refractivity contribution in [2.75, 3.05) is 18.0 Å². The molecular weight excluding hydrogens is 494 g/mol. The summed E-state index contributed by atoms with van der Waals surface area (Å²) in [7, 11) is -3.59. The first-order valence-corrected chi connectivity index (χ1v) is 14.5. The van der Waals surface area contributed by atoms with E-state index in [0.717, 1.165) is 35.0 Å². The Morgan fingerprint density at radius 1 is 1.17 bits per heavy atom. The van der Waals surface area contributed by atoms with Crippen molar-refractivity contribution < 1.29 is 17.6 Å². The Morgan fingerprint density at radius 3 is 2.67 bits per heavy atom. The maximum absolute atomic E-state index is 13.7. The second-order valence-corrected chi connectivity index (χ2v) is 12.2. The number of thiazole rings is 1. The molecule has 1 fully saturated rings. The molecule has 0 N–H and O–H groups in total. The van der Waals surface area contributed by atoms with Gasteiger partial charge in [0.25, 0.3) is 5.91 Å². The van der Waals surface area contributed by atoms with E-state index >= 15 is 0 Å². The molecule has 5 rings (SSSR count). The first-order valence-electron chi connectivity index (χ1n) is 12.2. The molecule has 1 atom stereocenters. The zero-order valence-corrected chi connectivity index (χ0v) is 22.0. The molecule has 2 aromatic heterocycles. The number of rotatable bonds is 7. The van der Waals surface area contributed by atoms with E-state index in [-0.39, 0.29) is 17.3 Å². The number of furan rings is 1. The van der Waals surface area contributed by atoms with Crippen LogP contribution in [0.4, 0.5) is 5.13 Å². The van der Waals surface area contributed by atoms with Gasteiger partial charge in [-0.15, -0.1) is 0 Å². The van der Waals surface area contributed by atoms with Gasteiger partial charge in [0.05, 0.1) is 27.9 Å². The number of anilines is 1. The quantitative estimate of drug-likeness (QED) is 0.309. The molecule has 7 nitrogen and oxygen atoms in total. The van der Waals surface area contributed by atoms with E-state index in [1.54, 1.807) is 33.7 Å². The summed E-state index contributed by atoms with van der Waals surface area (Å²) >= 11 is 1.46. The van der Waals surface area contributed by atoms with Crippen LogP contribution >= 0.6 is 11.3 Å². The van der Waals surface area contributed by atoms with E-state index in [9.17, 15) is 13.2 Å². The molecule has 2 aromatic carbocycles. The largest absolute Gasteiger partial charge is 0.467 e. The van der Waals surface area contributed by atoms with E-state index in [0.29, 0.717) is 35.5 Å². The fourth-order valence-electron chi connectivity index (χ4n) is 4.62. The highest BCUT2D eigenvalue weighted by molar-refractivity contribution is 7.89. The molecule has 0 bridgehead atoms. The number of nitrogens with zero attached hydrogens (tertiary/aromatic N) is 3. The Bertz CT molecular complexity index is 1460. The van der Waals surface area contributed by atoms with Gasteiger partial charge in [0.1, 0.15) is 5.76 Å². The van der Waals surface area contributed by atoms with Crippen molar-refractivity contribution in [3.63, 3.8) is 0 Å². The molecule has 1 aliphatic heterocycles. The molecule has 0 spiro atoms. The predicted octanol–water partition coefficient (Wildman–Crippen LogP) is 5.72. The predicted molar refractivity (Wildman–Crippen MR) is 142 cm³/mol. The third-order valence-corrected chi connectivity index (χ3v) is 9.52. The van der Waals surface area contributed by atoms with Crippen LogP contribution in [0.3, 0.4) is 0 Å². The Labute approximate surface area is 215 Å². The van der Waals surface area contributed by atoms with E-state index in [2.05, 4.69) is 13.8 Å². The maximum atomic E-state index is 13.7. The van der Waals surface area contributed by atoms with Crippen LogP contribution in [0.15, 0.2) is 70.2 Å². The lowest BCUT2D eigenvalue weighted by Gasteiger charge is -2.30. The van der Waals surface area contributed by atoms with Gasteiger partial charge in [0, 0.05) is 18.7 Å². The van der Waals surface area contributed by atoms with Crippen molar-refractivity contribution in [1.29, 1.82) is 0 Å². The summed E-state index contributed by atoms with van der Waals surface area (Å²) in [6.45, 7) is 5.43. The molecule has 1 saturated heterocycles. The van der Waals surface area contributed by atoms with Crippen LogP contribution in [0.2, 0.25) is 0 Å². The molecule has 0 saturated carbocycles. The fourth-order valence-corrected chi connectivity index (χ4v) is 7.23. The zero-order valence-electron chi connectivity index (χ0n) is 20.4. The van der Waals surface area contributed by atoms with Gasteiger partial charge >= 0.3 is 0 Å². The smallest absolute Gasteiger partial charge is 0.260 e. The first kappa shape index (κ1) is 24.7. The molecule has 9 heteroatoms. The van der Waals surface area contributed by atoms with Gasteiger partial charge in [0.2, 0.25) is 10.0 Å². The summed E-state index contributed by atoms with van der Waals surface area (Å²) in [4.78, 5) is 20.3. The van der Waals surface area contributed by atoms with Crippen LogP contribution in [-0.4, -0.2) is 36.7 Å². The number of amides is 1. The average Bonchev–Trinajstić information content (AvgIpc) is 3.56. The highest BCUT2D eigenvalue weighted by atomic mass is 32.2. The zero-order chi connectivity index (χ0) is 25.3. The van der Waals surface area contributed by atoms with Crippen molar-refractivity contribution in [3.05, 3.63) is 77.7 Å². The van der Waals surface area contributed by atoms with Crippen molar-refractivity contribution in [3.8, 4) is 0 Å². The molecule has 3 heterocycles. The number of sulfonamides is 1. The molecule has 1 aliphatic rings. The molecular formula is C27H29N3O4S2. The minimum absolute atomic E-state index is 0.207. The van der Waals surface area contributed by atoms with Crippen LogP contribution in [0.1, 0.15) is 48.4 Å². The lowest BCUT2D eigenvalue weighted by atomic mass is 10.0. The summed E-state index contributed by atoms with van der Waals surface area (Å²) in [6.07, 6.45) is 4.32. The molecule has 1 unspecified atom stereocenters. The summed E-state index contributed by atoms with van der Waals surface area (Å²) in [5, 5.41) is 0.575. The van der Waals surface area contributed by atoms with Gasteiger partial charge < -0.3 is 4.42 Å². The van der Waals surface area contributed by atoms with Gasteiger partial charge in [-0.1, -0.05) is 37.3 Å². The molecule has 1 amide bonds. The van der Waals surface area contributed by atoms with Crippen molar-refractivity contribution >= 4 is 42.6 Å². The second kappa shape index (κ2) is 10.2. The standard InChI is InChI=1S/C27H29N3O4S2/c1-3-20-8-4-10-24-25(20)28-27(35-24)30(18-22-9-6-16-34-22)26(31)21-11-13-23(14-12-21)36(32,33)29-15-5-7-19(2)17-29/h4,6,8-14,16,19H,3,5,7,15,17-18H2,1-2H3. The number of carbonyl (C=O) groups excluding carboxylic acids is 1. The molecule has 4 aromatic rings. The Kier molecular flexibility index (Phi) is 6.96. The fraction of sp³-hybridized carbons (Fsp3) is 0.333. The van der Waals surface area contributed by atoms with Crippen LogP contribution in [0.5, 0.6) is 0 Å². The summed E-state index contributed by atoms with van der Waals surface area (Å²) < 4.78 is 34.4. The van der Waals surface area contributed by atoms with E-state index in [1.807, 2.05) is 24.3 Å². The number of benzene rings is 2. The van der Waals surface area contributed by atoms with Gasteiger partial charge in [-0.3, -0.25) is 9.69 Å². The highest BCUT2D eigenvalue weighted by Crippen LogP contribution is 2.33. The molecule has 0 radical (unpaired) electrons. The number of aromatic nitrogens is 1. The van der Waals surface area contributed by atoms with Gasteiger partial charge in [0.15, 0.2) is 5.13 Å². The number of hydrogen-bond acceptors (Lipinski definition) is 6. The number of hydrogen-bond donors (Lipinski definition) is 0. The SMILES string of the molecule is CCc1cccc2sc(N(Cc3ccco3)C(=O)c3ccc(S(=O)(=O)N4CCCC(C)C4)cc3)nc12. The van der Waals surface area contributed by atoms with Crippen molar-refractivity contribution in [2.45, 2.75) is 44.6 Å². The van der Waals surface area contributed by atoms with E-state index in [1.165, 1.54) is 23.5 Å². The second-order valence-electron chi connectivity index (χ2n) is 9.22. The minimum atomic E-state index is -3.59. The first-order chi connectivity index (χ1) is 17.4. The van der Waals surface area contributed by atoms with Crippen LogP contribution < -0.4 is 4.90 Å². The third kappa shape index (κ3) is 4.83. The number of aryl methyl sites for hydroxylation is 1. The number of piperidine rings is 1. The number of para-hydroxylation sites is 1. The number of fused-ring (bicyclic) bond motifs is 1. The summed E-state index contributed by atoms with van der Waals surface area (Å²) in [5.41, 5.74) is 2.42. The lowest BCUT2D eigenvalue weighted by molar-refractivity contribution is 0.0983. The Hall–Kier alpha value is -3.01. The summed E-state index contributed by atoms with van der Waals surface area (Å²) in [5.74, 6) is 0.711. The maximum Gasteiger partial charge on any atom is 0.260 e. The minimum Gasteiger partial charge on any atom is -0.467 e. The van der Waals surface area contributed by atoms with Gasteiger partial charge in [-0.2, -0.15) is 4.31 Å². The monoisotopic (exact) mass is 523 g/mol. The van der Waals surface area contributed by atoms with Crippen LogP contribution in [0.25, 0.3) is 10.2 Å². The highest BCUT2D eigenvalue weighted by Gasteiger charge is 2.29. The topological polar surface area (TPSA) is 83.7 Å². The third-order valence-electron chi connectivity index (χ3n) is 6.60. The van der Waals surface area contributed by atoms with Gasteiger partial charge in [-0.25, -0.2) is 13.4 Å². The molecule has 36 heavy (non-hydrogen) atoms. The molecule has 0 aliphatic carbocycles. The normalized spacial score (nSPS) is 16.9. The van der Waals surface area contributed by atoms with Crippen LogP contribution in [-0.2, 0) is 23.0 Å². The van der Waals surface area contributed by atoms with E-state index < -0.39 is 10.0 Å². The number of carbonyl (C=O) groups is 1. The Morgan fingerprint density at radius 2 is 1.97 bits per heavy atom.